The van der Waals surface area contributed by atoms with Crippen LogP contribution in [0.4, 0.5) is 5.69 Å². The van der Waals surface area contributed by atoms with E-state index in [1.54, 1.807) is 0 Å². The van der Waals surface area contributed by atoms with Gasteiger partial charge >= 0.3 is 0 Å². The first kappa shape index (κ1) is 13.9. The maximum atomic E-state index is 12.1. The molecule has 4 heteroatoms. The molecule has 1 aliphatic heterocycles. The molecule has 1 aromatic rings. The van der Waals surface area contributed by atoms with E-state index in [0.717, 1.165) is 30.9 Å². The maximum absolute atomic E-state index is 12.1. The monoisotopic (exact) mass is 262 g/mol. The molecule has 1 amide bonds. The second kappa shape index (κ2) is 6.06. The number of rotatable bonds is 4. The van der Waals surface area contributed by atoms with E-state index >= 15 is 0 Å². The highest BCUT2D eigenvalue weighted by Crippen LogP contribution is 2.20. The predicted molar refractivity (Wildman–Crippen MR) is 76.4 cm³/mol. The molecule has 1 fully saturated rings. The molecular formula is C15H22N2O2. The number of carbonyl (C=O) groups is 1. The van der Waals surface area contributed by atoms with Crippen LogP contribution >= 0.6 is 0 Å². The van der Waals surface area contributed by atoms with Gasteiger partial charge in [0.1, 0.15) is 5.75 Å². The van der Waals surface area contributed by atoms with E-state index in [4.69, 9.17) is 4.74 Å². The first-order valence-electron chi connectivity index (χ1n) is 6.80. The van der Waals surface area contributed by atoms with Crippen LogP contribution in [0.25, 0.3) is 0 Å². The van der Waals surface area contributed by atoms with E-state index in [0.29, 0.717) is 0 Å². The summed E-state index contributed by atoms with van der Waals surface area (Å²) < 4.78 is 5.57. The lowest BCUT2D eigenvalue weighted by Crippen LogP contribution is -2.25. The Bertz CT molecular complexity index is 428. The summed E-state index contributed by atoms with van der Waals surface area (Å²) in [4.78, 5) is 14.2. The molecule has 1 unspecified atom stereocenters. The minimum absolute atomic E-state index is 0.108. The quantitative estimate of drug-likeness (QED) is 0.905. The van der Waals surface area contributed by atoms with Crippen LogP contribution in [0, 0.1) is 5.92 Å². The molecule has 19 heavy (non-hydrogen) atoms. The fourth-order valence-corrected chi connectivity index (χ4v) is 2.28. The normalized spacial score (nSPS) is 19.7. The number of benzene rings is 1. The Hall–Kier alpha value is -1.55. The van der Waals surface area contributed by atoms with Crippen LogP contribution in [-0.4, -0.2) is 37.0 Å². The summed E-state index contributed by atoms with van der Waals surface area (Å²) in [6, 6.07) is 7.54. The number of anilines is 1. The van der Waals surface area contributed by atoms with Crippen molar-refractivity contribution >= 4 is 11.6 Å². The van der Waals surface area contributed by atoms with Gasteiger partial charge in [0.2, 0.25) is 5.91 Å². The number of nitrogens with one attached hydrogen (secondary N) is 1. The predicted octanol–water partition coefficient (Wildman–Crippen LogP) is 2.36. The topological polar surface area (TPSA) is 41.6 Å². The Labute approximate surface area is 114 Å². The number of amides is 1. The van der Waals surface area contributed by atoms with E-state index in [1.165, 1.54) is 0 Å². The van der Waals surface area contributed by atoms with Gasteiger partial charge in [-0.05, 0) is 58.1 Å². The van der Waals surface area contributed by atoms with Gasteiger partial charge in [-0.1, -0.05) is 0 Å². The van der Waals surface area contributed by atoms with E-state index in [2.05, 4.69) is 10.2 Å². The van der Waals surface area contributed by atoms with Crippen molar-refractivity contribution in [3.63, 3.8) is 0 Å². The molecule has 2 rings (SSSR count). The van der Waals surface area contributed by atoms with Gasteiger partial charge in [0.15, 0.2) is 0 Å². The van der Waals surface area contributed by atoms with E-state index in [9.17, 15) is 4.79 Å². The van der Waals surface area contributed by atoms with E-state index in [1.807, 2.05) is 45.2 Å². The van der Waals surface area contributed by atoms with Crippen LogP contribution in [0.2, 0.25) is 0 Å². The summed E-state index contributed by atoms with van der Waals surface area (Å²) in [7, 11) is 2.05. The lowest BCUT2D eigenvalue weighted by atomic mass is 10.1. The maximum Gasteiger partial charge on any atom is 0.228 e. The molecule has 1 N–H and O–H groups in total. The van der Waals surface area contributed by atoms with Gasteiger partial charge in [-0.2, -0.15) is 0 Å². The third-order valence-electron chi connectivity index (χ3n) is 3.26. The zero-order valence-corrected chi connectivity index (χ0v) is 11.8. The minimum Gasteiger partial charge on any atom is -0.491 e. The highest BCUT2D eigenvalue weighted by Gasteiger charge is 2.25. The minimum atomic E-state index is 0.108. The molecule has 0 aromatic heterocycles. The van der Waals surface area contributed by atoms with Gasteiger partial charge in [-0.15, -0.1) is 0 Å². The van der Waals surface area contributed by atoms with Gasteiger partial charge in [0.25, 0.3) is 0 Å². The molecule has 0 radical (unpaired) electrons. The molecule has 1 aromatic carbocycles. The van der Waals surface area contributed by atoms with Crippen LogP contribution in [0.5, 0.6) is 5.75 Å². The number of hydrogen-bond donors (Lipinski definition) is 1. The number of nitrogens with zero attached hydrogens (tertiary/aromatic N) is 1. The third-order valence-corrected chi connectivity index (χ3v) is 3.26. The fourth-order valence-electron chi connectivity index (χ4n) is 2.28. The number of hydrogen-bond acceptors (Lipinski definition) is 3. The van der Waals surface area contributed by atoms with Crippen molar-refractivity contribution in [3.8, 4) is 5.75 Å². The Morgan fingerprint density at radius 3 is 2.58 bits per heavy atom. The molecular weight excluding hydrogens is 240 g/mol. The van der Waals surface area contributed by atoms with Crippen molar-refractivity contribution in [2.45, 2.75) is 26.4 Å². The highest BCUT2D eigenvalue weighted by atomic mass is 16.5. The van der Waals surface area contributed by atoms with Gasteiger partial charge in [0.05, 0.1) is 12.0 Å². The largest absolute Gasteiger partial charge is 0.491 e. The summed E-state index contributed by atoms with van der Waals surface area (Å²) in [6.45, 7) is 5.83. The first-order valence-corrected chi connectivity index (χ1v) is 6.80. The van der Waals surface area contributed by atoms with Crippen LogP contribution in [0.15, 0.2) is 24.3 Å². The Balaban J connectivity index is 1.90. The number of likely N-dealkylation sites (tertiary alicyclic amines) is 1. The van der Waals surface area contributed by atoms with Crippen LogP contribution in [0.3, 0.4) is 0 Å². The van der Waals surface area contributed by atoms with Gasteiger partial charge < -0.3 is 15.0 Å². The summed E-state index contributed by atoms with van der Waals surface area (Å²) in [5, 5.41) is 2.96. The molecule has 0 saturated carbocycles. The molecule has 1 heterocycles. The van der Waals surface area contributed by atoms with Crippen molar-refractivity contribution in [2.24, 2.45) is 5.92 Å². The SMILES string of the molecule is CC(C)Oc1ccc(NC(=O)C2CCN(C)C2)cc1. The molecule has 4 nitrogen and oxygen atoms in total. The molecule has 0 spiro atoms. The van der Waals surface area contributed by atoms with E-state index < -0.39 is 0 Å². The molecule has 1 aliphatic rings. The van der Waals surface area contributed by atoms with Crippen LogP contribution < -0.4 is 10.1 Å². The van der Waals surface area contributed by atoms with Crippen LogP contribution in [-0.2, 0) is 4.79 Å². The zero-order valence-electron chi connectivity index (χ0n) is 11.8. The van der Waals surface area contributed by atoms with Gasteiger partial charge in [-0.25, -0.2) is 0 Å². The summed E-state index contributed by atoms with van der Waals surface area (Å²) in [5.41, 5.74) is 0.829. The van der Waals surface area contributed by atoms with Crippen molar-refractivity contribution in [1.82, 2.24) is 4.90 Å². The summed E-state index contributed by atoms with van der Waals surface area (Å²) >= 11 is 0. The molecule has 1 saturated heterocycles. The lowest BCUT2D eigenvalue weighted by molar-refractivity contribution is -0.119. The van der Waals surface area contributed by atoms with Crippen LogP contribution in [0.1, 0.15) is 20.3 Å². The first-order chi connectivity index (χ1) is 9.04. The average molecular weight is 262 g/mol. The zero-order chi connectivity index (χ0) is 13.8. The smallest absolute Gasteiger partial charge is 0.228 e. The Kier molecular flexibility index (Phi) is 4.43. The van der Waals surface area contributed by atoms with Crippen molar-refractivity contribution in [2.75, 3.05) is 25.5 Å². The number of ether oxygens (including phenoxy) is 1. The van der Waals surface area contributed by atoms with Crippen molar-refractivity contribution in [3.05, 3.63) is 24.3 Å². The molecule has 0 aliphatic carbocycles. The Morgan fingerprint density at radius 1 is 1.37 bits per heavy atom. The molecule has 104 valence electrons. The van der Waals surface area contributed by atoms with Crippen molar-refractivity contribution < 1.29 is 9.53 Å². The standard InChI is InChI=1S/C15H22N2O2/c1-11(2)19-14-6-4-13(5-7-14)16-15(18)12-8-9-17(3)10-12/h4-7,11-12H,8-10H2,1-3H3,(H,16,18). The number of carbonyl (C=O) groups excluding carboxylic acids is 1. The third kappa shape index (κ3) is 3.96. The second-order valence-corrected chi connectivity index (χ2v) is 5.43. The van der Waals surface area contributed by atoms with Gasteiger partial charge in [0, 0.05) is 12.2 Å². The molecule has 0 bridgehead atoms. The Morgan fingerprint density at radius 2 is 2.05 bits per heavy atom. The summed E-state index contributed by atoms with van der Waals surface area (Å²) in [5.74, 6) is 1.05. The van der Waals surface area contributed by atoms with E-state index in [-0.39, 0.29) is 17.9 Å². The average Bonchev–Trinajstić information content (AvgIpc) is 2.78. The van der Waals surface area contributed by atoms with Gasteiger partial charge in [-0.3, -0.25) is 4.79 Å². The fraction of sp³-hybridized carbons (Fsp3) is 0.533. The molecule has 1 atom stereocenters. The lowest BCUT2D eigenvalue weighted by Gasteiger charge is -2.13. The highest BCUT2D eigenvalue weighted by molar-refractivity contribution is 5.92. The summed E-state index contributed by atoms with van der Waals surface area (Å²) in [6.07, 6.45) is 1.10. The van der Waals surface area contributed by atoms with Crippen molar-refractivity contribution in [1.29, 1.82) is 0 Å². The second-order valence-electron chi connectivity index (χ2n) is 5.43.